The molecule has 3 atom stereocenters. The molecule has 11 nitrogen and oxygen atoms in total. The van der Waals surface area contributed by atoms with Gasteiger partial charge in [0, 0.05) is 11.8 Å². The molecule has 1 aliphatic carbocycles. The lowest BCUT2D eigenvalue weighted by atomic mass is 10.0. The smallest absolute Gasteiger partial charge is 0.407 e. The van der Waals surface area contributed by atoms with Crippen LogP contribution in [-0.2, 0) is 30.8 Å². The van der Waals surface area contributed by atoms with Gasteiger partial charge in [-0.3, -0.25) is 9.94 Å². The minimum absolute atomic E-state index is 0.0230. The van der Waals surface area contributed by atoms with Gasteiger partial charge in [-0.05, 0) is 43.0 Å². The number of rotatable bonds is 11. The second-order valence-corrected chi connectivity index (χ2v) is 11.8. The zero-order valence-electron chi connectivity index (χ0n) is 21.6. The Morgan fingerprint density at radius 3 is 2.69 bits per heavy atom. The molecule has 1 amide bonds. The first-order valence-corrected chi connectivity index (χ1v) is 14.7. The van der Waals surface area contributed by atoms with Gasteiger partial charge in [0.1, 0.15) is 6.10 Å². The largest absolute Gasteiger partial charge is 0.444 e. The topological polar surface area (TPSA) is 143 Å². The van der Waals surface area contributed by atoms with E-state index in [0.29, 0.717) is 30.5 Å². The van der Waals surface area contributed by atoms with Gasteiger partial charge in [-0.25, -0.2) is 13.2 Å². The van der Waals surface area contributed by atoms with Crippen LogP contribution in [-0.4, -0.2) is 78.4 Å². The number of alkyl carbamates (subject to hydrolysis) is 1. The summed E-state index contributed by atoms with van der Waals surface area (Å²) >= 11 is 0. The number of nitrogens with one attached hydrogen (secondary N) is 2. The second kappa shape index (κ2) is 12.4. The van der Waals surface area contributed by atoms with E-state index in [1.165, 1.54) is 12.1 Å². The lowest BCUT2D eigenvalue weighted by Crippen LogP contribution is -2.51. The minimum atomic E-state index is -4.16. The van der Waals surface area contributed by atoms with Gasteiger partial charge in [0.25, 0.3) is 10.0 Å². The maximum atomic E-state index is 13.8. The molecule has 210 valence electrons. The fraction of sp³-hybridized carbons (Fsp3) is 0.481. The number of ether oxygens (including phenoxy) is 2. The number of aliphatic hydroxyl groups excluding tert-OH is 1. The van der Waals surface area contributed by atoms with Crippen LogP contribution in [0.1, 0.15) is 37.7 Å². The first kappa shape index (κ1) is 27.5. The summed E-state index contributed by atoms with van der Waals surface area (Å²) in [4.78, 5) is 18.7. The first-order valence-electron chi connectivity index (χ1n) is 13.3. The summed E-state index contributed by atoms with van der Waals surface area (Å²) in [5.74, 6) is 0. The average molecular weight is 559 g/mol. The molecule has 1 saturated carbocycles. The highest BCUT2D eigenvalue weighted by Crippen LogP contribution is 2.27. The number of aromatic nitrogens is 2. The number of H-pyrrole nitrogens is 1. The number of fused-ring (bicyclic) bond motifs is 1. The van der Waals surface area contributed by atoms with E-state index in [1.807, 2.05) is 30.3 Å². The predicted octanol–water partition coefficient (Wildman–Crippen LogP) is 2.92. The Morgan fingerprint density at radius 2 is 1.95 bits per heavy atom. The van der Waals surface area contributed by atoms with E-state index in [0.717, 1.165) is 35.7 Å². The van der Waals surface area contributed by atoms with E-state index in [9.17, 15) is 18.3 Å². The molecule has 2 fully saturated rings. The van der Waals surface area contributed by atoms with Crippen molar-refractivity contribution in [2.24, 2.45) is 0 Å². The van der Waals surface area contributed by atoms with Crippen molar-refractivity contribution >= 4 is 27.0 Å². The van der Waals surface area contributed by atoms with Gasteiger partial charge in [-0.15, -0.1) is 0 Å². The van der Waals surface area contributed by atoms with E-state index in [-0.39, 0.29) is 30.1 Å². The molecule has 0 radical (unpaired) electrons. The van der Waals surface area contributed by atoms with Crippen molar-refractivity contribution in [2.75, 3.05) is 19.8 Å². The third kappa shape index (κ3) is 6.95. The third-order valence-electron chi connectivity index (χ3n) is 7.11. The van der Waals surface area contributed by atoms with Gasteiger partial charge >= 0.3 is 6.09 Å². The zero-order chi connectivity index (χ0) is 27.2. The van der Waals surface area contributed by atoms with Crippen LogP contribution in [0.4, 0.5) is 4.79 Å². The Hall–Kier alpha value is -3.03. The number of nitrogens with zero attached hydrogens (tertiary/aromatic N) is 2. The Balaban J connectivity index is 1.37. The fourth-order valence-electron chi connectivity index (χ4n) is 4.93. The predicted molar refractivity (Wildman–Crippen MR) is 142 cm³/mol. The SMILES string of the molecule is O=C(N[C@@H](Cc1ccccc1)[C@@H](O)CN(OC1CCCC1)S(=O)(=O)c1ccc2[nH]ncc2c1)O[C@H]1CCOC1. The van der Waals surface area contributed by atoms with Gasteiger partial charge in [0.2, 0.25) is 0 Å². The third-order valence-corrected chi connectivity index (χ3v) is 8.73. The highest BCUT2D eigenvalue weighted by atomic mass is 32.2. The molecule has 2 aliphatic rings. The van der Waals surface area contributed by atoms with E-state index in [1.54, 1.807) is 12.3 Å². The number of carbonyl (C=O) groups is 1. The summed E-state index contributed by atoms with van der Waals surface area (Å²) in [5.41, 5.74) is 1.57. The van der Waals surface area contributed by atoms with Crippen molar-refractivity contribution in [3.63, 3.8) is 0 Å². The van der Waals surface area contributed by atoms with Gasteiger partial charge in [0.05, 0.1) is 54.6 Å². The van der Waals surface area contributed by atoms with Crippen LogP contribution in [0.25, 0.3) is 10.9 Å². The standard InChI is InChI=1S/C27H34N4O7S/c32-26(25(14-19-6-2-1-3-7-19)29-27(33)37-22-12-13-36-18-22)17-31(38-21-8-4-5-9-21)39(34,35)23-10-11-24-20(15-23)16-28-30-24/h1-3,6-7,10-11,15-16,21-22,25-26,32H,4-5,8-9,12-14,17-18H2,(H,28,30)(H,29,33)/t22-,25-,26-/m0/s1. The van der Waals surface area contributed by atoms with E-state index < -0.39 is 28.3 Å². The lowest BCUT2D eigenvalue weighted by Gasteiger charge is -2.30. The maximum absolute atomic E-state index is 13.8. The average Bonchev–Trinajstić information content (AvgIpc) is 3.71. The minimum Gasteiger partial charge on any atom is -0.444 e. The van der Waals surface area contributed by atoms with Gasteiger partial charge in [-0.2, -0.15) is 5.10 Å². The molecular weight excluding hydrogens is 524 g/mol. The summed E-state index contributed by atoms with van der Waals surface area (Å²) in [6.45, 7) is 0.456. The summed E-state index contributed by atoms with van der Waals surface area (Å²) in [7, 11) is -4.16. The number of benzene rings is 2. The summed E-state index contributed by atoms with van der Waals surface area (Å²) in [6.07, 6.45) is 3.11. The molecular formula is C27H34N4O7S. The van der Waals surface area contributed by atoms with Gasteiger partial charge in [-0.1, -0.05) is 47.6 Å². The number of sulfonamides is 1. The van der Waals surface area contributed by atoms with Crippen molar-refractivity contribution in [1.29, 1.82) is 0 Å². The van der Waals surface area contributed by atoms with Crippen LogP contribution in [0, 0.1) is 0 Å². The molecule has 39 heavy (non-hydrogen) atoms. The van der Waals surface area contributed by atoms with Crippen molar-refractivity contribution in [2.45, 2.75) is 67.8 Å². The Kier molecular flexibility index (Phi) is 8.78. The molecule has 2 heterocycles. The summed E-state index contributed by atoms with van der Waals surface area (Å²) in [6, 6.07) is 13.1. The number of hydroxylamine groups is 1. The molecule has 3 N–H and O–H groups in total. The Bertz CT molecular complexity index is 1340. The van der Waals surface area contributed by atoms with E-state index in [4.69, 9.17) is 14.3 Å². The number of hydrogen-bond donors (Lipinski definition) is 3. The monoisotopic (exact) mass is 558 g/mol. The van der Waals surface area contributed by atoms with Crippen LogP contribution in [0.5, 0.6) is 0 Å². The molecule has 0 unspecified atom stereocenters. The van der Waals surface area contributed by atoms with Crippen LogP contribution >= 0.6 is 0 Å². The van der Waals surface area contributed by atoms with E-state index >= 15 is 0 Å². The summed E-state index contributed by atoms with van der Waals surface area (Å²) in [5, 5.41) is 21.5. The molecule has 2 aromatic carbocycles. The van der Waals surface area contributed by atoms with E-state index in [2.05, 4.69) is 15.5 Å². The summed E-state index contributed by atoms with van der Waals surface area (Å²) < 4.78 is 39.2. The Morgan fingerprint density at radius 1 is 1.15 bits per heavy atom. The van der Waals surface area contributed by atoms with Crippen molar-refractivity contribution < 1.29 is 32.6 Å². The molecule has 1 saturated heterocycles. The number of aliphatic hydroxyl groups is 1. The molecule has 1 aliphatic heterocycles. The fourth-order valence-corrected chi connectivity index (χ4v) is 6.27. The maximum Gasteiger partial charge on any atom is 0.407 e. The molecule has 3 aromatic rings. The van der Waals surface area contributed by atoms with Gasteiger partial charge < -0.3 is 19.9 Å². The van der Waals surface area contributed by atoms with Crippen LogP contribution < -0.4 is 5.32 Å². The lowest BCUT2D eigenvalue weighted by molar-refractivity contribution is -0.145. The molecule has 0 bridgehead atoms. The highest BCUT2D eigenvalue weighted by molar-refractivity contribution is 7.89. The second-order valence-electron chi connectivity index (χ2n) is 10.0. The number of aromatic amines is 1. The van der Waals surface area contributed by atoms with Crippen LogP contribution in [0.15, 0.2) is 59.6 Å². The molecule has 12 heteroatoms. The van der Waals surface area contributed by atoms with Crippen molar-refractivity contribution in [3.8, 4) is 0 Å². The van der Waals surface area contributed by atoms with Crippen LogP contribution in [0.2, 0.25) is 0 Å². The van der Waals surface area contributed by atoms with Crippen molar-refractivity contribution in [1.82, 2.24) is 20.0 Å². The quantitative estimate of drug-likeness (QED) is 0.305. The van der Waals surface area contributed by atoms with Crippen LogP contribution in [0.3, 0.4) is 0 Å². The molecule has 5 rings (SSSR count). The molecule has 0 spiro atoms. The number of hydrogen-bond acceptors (Lipinski definition) is 8. The first-order chi connectivity index (χ1) is 18.9. The van der Waals surface area contributed by atoms with Crippen molar-refractivity contribution in [3.05, 3.63) is 60.3 Å². The zero-order valence-corrected chi connectivity index (χ0v) is 22.4. The number of carbonyl (C=O) groups excluding carboxylic acids is 1. The Labute approximate surface area is 227 Å². The highest BCUT2D eigenvalue weighted by Gasteiger charge is 2.35. The van der Waals surface area contributed by atoms with Gasteiger partial charge in [0.15, 0.2) is 0 Å². The molecule has 1 aromatic heterocycles. The number of amides is 1. The normalized spacial score (nSPS) is 19.9.